The number of amides is 1. The fourth-order valence-corrected chi connectivity index (χ4v) is 4.15. The van der Waals surface area contributed by atoms with E-state index in [1.54, 1.807) is 24.3 Å². The van der Waals surface area contributed by atoms with Crippen LogP contribution in [0.2, 0.25) is 0 Å². The molecule has 0 spiro atoms. The number of ether oxygens (including phenoxy) is 1. The van der Waals surface area contributed by atoms with Crippen molar-refractivity contribution in [2.45, 2.75) is 13.5 Å². The third-order valence-corrected chi connectivity index (χ3v) is 5.89. The summed E-state index contributed by atoms with van der Waals surface area (Å²) >= 11 is 1.48. The molecule has 0 saturated carbocycles. The molecule has 0 saturated heterocycles. The third kappa shape index (κ3) is 4.23. The van der Waals surface area contributed by atoms with E-state index in [-0.39, 0.29) is 5.91 Å². The molecule has 2 aromatic heterocycles. The Balaban J connectivity index is 1.73. The Bertz CT molecular complexity index is 1190. The number of methoxy groups -OCH3 is 1. The van der Waals surface area contributed by atoms with Crippen molar-refractivity contribution in [1.29, 1.82) is 0 Å². The van der Waals surface area contributed by atoms with Crippen LogP contribution < -0.4 is 9.64 Å². The van der Waals surface area contributed by atoms with E-state index >= 15 is 0 Å². The molecule has 4 rings (SSSR count). The number of benzene rings is 2. The second-order valence-electron chi connectivity index (χ2n) is 6.75. The van der Waals surface area contributed by atoms with Crippen LogP contribution in [0.1, 0.15) is 16.8 Å². The number of nitrogens with zero attached hydrogens (tertiary/aromatic N) is 3. The van der Waals surface area contributed by atoms with Crippen LogP contribution in [0.3, 0.4) is 0 Å². The molecule has 0 fully saturated rings. The van der Waals surface area contributed by atoms with Crippen LogP contribution in [0.15, 0.2) is 72.9 Å². The first kappa shape index (κ1) is 19.8. The molecule has 6 heteroatoms. The van der Waals surface area contributed by atoms with Crippen LogP contribution in [-0.2, 0) is 11.3 Å². The summed E-state index contributed by atoms with van der Waals surface area (Å²) in [6.07, 6.45) is 5.12. The normalized spacial score (nSPS) is 11.1. The highest BCUT2D eigenvalue weighted by atomic mass is 32.1. The highest BCUT2D eigenvalue weighted by molar-refractivity contribution is 7.22. The summed E-state index contributed by atoms with van der Waals surface area (Å²) in [7, 11) is 1.63. The van der Waals surface area contributed by atoms with Gasteiger partial charge in [0.2, 0.25) is 0 Å². The zero-order valence-electron chi connectivity index (χ0n) is 16.8. The number of aryl methyl sites for hydroxylation is 1. The predicted molar refractivity (Wildman–Crippen MR) is 122 cm³/mol. The van der Waals surface area contributed by atoms with E-state index < -0.39 is 0 Å². The molecule has 0 aliphatic heterocycles. The van der Waals surface area contributed by atoms with Crippen molar-refractivity contribution in [2.24, 2.45) is 0 Å². The number of pyridine rings is 1. The molecule has 4 aromatic rings. The third-order valence-electron chi connectivity index (χ3n) is 4.67. The number of aromatic nitrogens is 2. The van der Waals surface area contributed by atoms with E-state index in [1.165, 1.54) is 11.3 Å². The van der Waals surface area contributed by atoms with Gasteiger partial charge in [-0.15, -0.1) is 0 Å². The van der Waals surface area contributed by atoms with Crippen molar-refractivity contribution < 1.29 is 9.53 Å². The van der Waals surface area contributed by atoms with Gasteiger partial charge in [0.05, 0.1) is 24.0 Å². The molecule has 2 heterocycles. The number of anilines is 1. The lowest BCUT2D eigenvalue weighted by atomic mass is 10.2. The zero-order chi connectivity index (χ0) is 20.9. The summed E-state index contributed by atoms with van der Waals surface area (Å²) in [5.41, 5.74) is 3.62. The summed E-state index contributed by atoms with van der Waals surface area (Å²) in [6, 6.07) is 19.3. The molecule has 0 radical (unpaired) electrons. The Morgan fingerprint density at radius 2 is 1.90 bits per heavy atom. The van der Waals surface area contributed by atoms with Gasteiger partial charge in [-0.3, -0.25) is 14.7 Å². The first-order chi connectivity index (χ1) is 14.7. The smallest absolute Gasteiger partial charge is 0.253 e. The van der Waals surface area contributed by atoms with Crippen LogP contribution in [0, 0.1) is 6.92 Å². The van der Waals surface area contributed by atoms with E-state index in [2.05, 4.69) is 4.98 Å². The Hall–Kier alpha value is -3.51. The van der Waals surface area contributed by atoms with Gasteiger partial charge in [-0.05, 0) is 42.3 Å². The van der Waals surface area contributed by atoms with Crippen LogP contribution >= 0.6 is 11.3 Å². The van der Waals surface area contributed by atoms with E-state index in [9.17, 15) is 4.79 Å². The van der Waals surface area contributed by atoms with Gasteiger partial charge in [-0.1, -0.05) is 53.8 Å². The average molecular weight is 416 g/mol. The molecule has 5 nitrogen and oxygen atoms in total. The van der Waals surface area contributed by atoms with Crippen molar-refractivity contribution in [3.05, 3.63) is 89.8 Å². The van der Waals surface area contributed by atoms with Gasteiger partial charge in [-0.2, -0.15) is 0 Å². The Morgan fingerprint density at radius 1 is 1.10 bits per heavy atom. The lowest BCUT2D eigenvalue weighted by Gasteiger charge is -2.17. The van der Waals surface area contributed by atoms with E-state index in [0.717, 1.165) is 27.0 Å². The Labute approximate surface area is 179 Å². The molecule has 30 heavy (non-hydrogen) atoms. The summed E-state index contributed by atoms with van der Waals surface area (Å²) in [6.45, 7) is 2.37. The average Bonchev–Trinajstić information content (AvgIpc) is 3.24. The predicted octanol–water partition coefficient (Wildman–Crippen LogP) is 5.25. The number of carbonyl (C=O) groups is 1. The maximum atomic E-state index is 13.2. The number of hydrogen-bond donors (Lipinski definition) is 0. The molecule has 2 aromatic carbocycles. The fourth-order valence-electron chi connectivity index (χ4n) is 3.09. The first-order valence-corrected chi connectivity index (χ1v) is 10.4. The Morgan fingerprint density at radius 3 is 2.63 bits per heavy atom. The number of hydrogen-bond acceptors (Lipinski definition) is 5. The maximum absolute atomic E-state index is 13.2. The molecule has 0 N–H and O–H groups in total. The summed E-state index contributed by atoms with van der Waals surface area (Å²) in [5.74, 6) is 0.545. The number of rotatable bonds is 6. The molecular weight excluding hydrogens is 394 g/mol. The quantitative estimate of drug-likeness (QED) is 0.403. The van der Waals surface area contributed by atoms with Gasteiger partial charge in [0.15, 0.2) is 5.13 Å². The minimum atomic E-state index is -0.153. The zero-order valence-corrected chi connectivity index (χ0v) is 17.6. The van der Waals surface area contributed by atoms with E-state index in [4.69, 9.17) is 9.72 Å². The molecule has 150 valence electrons. The van der Waals surface area contributed by atoms with Gasteiger partial charge in [0.1, 0.15) is 11.3 Å². The van der Waals surface area contributed by atoms with Crippen molar-refractivity contribution in [3.63, 3.8) is 0 Å². The second kappa shape index (κ2) is 8.88. The van der Waals surface area contributed by atoms with E-state index in [1.807, 2.05) is 73.7 Å². The Kier molecular flexibility index (Phi) is 5.86. The van der Waals surface area contributed by atoms with Gasteiger partial charge in [0, 0.05) is 12.3 Å². The van der Waals surface area contributed by atoms with Crippen LogP contribution in [0.5, 0.6) is 5.75 Å². The van der Waals surface area contributed by atoms with E-state index in [0.29, 0.717) is 17.4 Å². The molecule has 0 atom stereocenters. The summed E-state index contributed by atoms with van der Waals surface area (Å²) in [5, 5.41) is 0.617. The molecular formula is C24H21N3O2S. The molecule has 0 aliphatic carbocycles. The number of carbonyl (C=O) groups excluding carboxylic acids is 1. The highest BCUT2D eigenvalue weighted by Gasteiger charge is 2.21. The van der Waals surface area contributed by atoms with Gasteiger partial charge >= 0.3 is 0 Å². The van der Waals surface area contributed by atoms with Crippen molar-refractivity contribution in [2.75, 3.05) is 12.0 Å². The SMILES string of the molecule is COc1ccc(C)c2sc(N(Cc3ccccn3)C(=O)C=Cc3ccccc3)nc12. The van der Waals surface area contributed by atoms with Gasteiger partial charge in [0.25, 0.3) is 5.91 Å². The second-order valence-corrected chi connectivity index (χ2v) is 7.73. The minimum Gasteiger partial charge on any atom is -0.494 e. The summed E-state index contributed by atoms with van der Waals surface area (Å²) in [4.78, 5) is 24.0. The monoisotopic (exact) mass is 415 g/mol. The highest BCUT2D eigenvalue weighted by Crippen LogP contribution is 2.36. The van der Waals surface area contributed by atoms with Gasteiger partial charge < -0.3 is 4.74 Å². The largest absolute Gasteiger partial charge is 0.494 e. The molecule has 0 bridgehead atoms. The number of thiazole rings is 1. The van der Waals surface area contributed by atoms with Gasteiger partial charge in [-0.25, -0.2) is 4.98 Å². The van der Waals surface area contributed by atoms with Crippen molar-refractivity contribution in [3.8, 4) is 5.75 Å². The number of fused-ring (bicyclic) bond motifs is 1. The lowest BCUT2D eigenvalue weighted by Crippen LogP contribution is -2.29. The van der Waals surface area contributed by atoms with Crippen molar-refractivity contribution in [1.82, 2.24) is 9.97 Å². The topological polar surface area (TPSA) is 55.3 Å². The summed E-state index contributed by atoms with van der Waals surface area (Å²) < 4.78 is 6.48. The first-order valence-electron chi connectivity index (χ1n) is 9.54. The lowest BCUT2D eigenvalue weighted by molar-refractivity contribution is -0.114. The molecule has 0 unspecified atom stereocenters. The fraction of sp³-hybridized carbons (Fsp3) is 0.125. The van der Waals surface area contributed by atoms with Crippen LogP contribution in [-0.4, -0.2) is 23.0 Å². The van der Waals surface area contributed by atoms with Crippen LogP contribution in [0.4, 0.5) is 5.13 Å². The standard InChI is InChI=1S/C24H21N3O2S/c1-17-11-13-20(29-2)22-23(17)30-24(26-22)27(16-19-10-6-7-15-25-19)21(28)14-12-18-8-4-3-5-9-18/h3-15H,16H2,1-2H3. The van der Waals surface area contributed by atoms with Crippen LogP contribution in [0.25, 0.3) is 16.3 Å². The molecule has 0 aliphatic rings. The maximum Gasteiger partial charge on any atom is 0.253 e. The molecule has 1 amide bonds. The minimum absolute atomic E-state index is 0.153. The van der Waals surface area contributed by atoms with Crippen molar-refractivity contribution >= 4 is 38.7 Å².